The van der Waals surface area contributed by atoms with E-state index in [2.05, 4.69) is 0 Å². The van der Waals surface area contributed by atoms with E-state index < -0.39 is 209 Å². The summed E-state index contributed by atoms with van der Waals surface area (Å²) in [5.41, 5.74) is 0. The Morgan fingerprint density at radius 1 is 0.206 bits per heavy atom. The molecule has 568 valence electrons. The molecule has 0 N–H and O–H groups in total. The third-order valence-corrected chi connectivity index (χ3v) is 19.4. The van der Waals surface area contributed by atoms with Crippen LogP contribution in [0.5, 0.6) is 0 Å². The minimum atomic E-state index is -2.54. The van der Waals surface area contributed by atoms with Crippen LogP contribution in [0.3, 0.4) is 0 Å². The summed E-state index contributed by atoms with van der Waals surface area (Å²) in [5.74, 6) is -15.4. The maximum atomic E-state index is 7.61. The lowest BCUT2D eigenvalue weighted by atomic mass is 10.0. The molecule has 8 rings (SSSR count). The lowest BCUT2D eigenvalue weighted by Crippen LogP contribution is -2.65. The Morgan fingerprint density at radius 3 is 0.588 bits per heavy atom. The first-order valence-corrected chi connectivity index (χ1v) is 32.0. The maximum absolute atomic E-state index is 7.61. The van der Waals surface area contributed by atoms with Crippen molar-refractivity contribution < 1.29 is 166 Å². The van der Waals surface area contributed by atoms with Crippen LogP contribution in [0, 0.1) is 0 Å². The van der Waals surface area contributed by atoms with E-state index in [1.807, 2.05) is 0 Å². The van der Waals surface area contributed by atoms with Crippen molar-refractivity contribution in [2.24, 2.45) is 0 Å². The van der Waals surface area contributed by atoms with E-state index >= 15 is 0 Å². The number of hydrogen-bond donors (Lipinski definition) is 0. The third-order valence-electron chi connectivity index (χ3n) is 19.4. The Bertz CT molecular complexity index is 2180. The second kappa shape index (κ2) is 36.1. The first-order valence-electron chi connectivity index (χ1n) is 32.0. The fourth-order valence-corrected chi connectivity index (χ4v) is 15.3. The number of ether oxygens (including phenoxy) is 35. The first kappa shape index (κ1) is 81.3. The largest absolute Gasteiger partial charge is 0.382 e. The Hall–Kier alpha value is -1.40. The van der Waals surface area contributed by atoms with Gasteiger partial charge in [0.05, 0.1) is 46.2 Å². The van der Waals surface area contributed by atoms with Gasteiger partial charge in [0.1, 0.15) is 162 Å². The van der Waals surface area contributed by atoms with E-state index in [0.29, 0.717) is 0 Å². The van der Waals surface area contributed by atoms with E-state index in [4.69, 9.17) is 166 Å². The van der Waals surface area contributed by atoms with Crippen molar-refractivity contribution in [3.63, 3.8) is 0 Å². The van der Waals surface area contributed by atoms with Gasteiger partial charge in [-0.1, -0.05) is 0 Å². The third kappa shape index (κ3) is 15.5. The van der Waals surface area contributed by atoms with E-state index in [1.54, 1.807) is 0 Å². The molecule has 0 aromatic rings. The molecule has 28 unspecified atom stereocenters. The van der Waals surface area contributed by atoms with Crippen LogP contribution < -0.4 is 0 Å². The molecule has 35 nitrogen and oxygen atoms in total. The molecule has 0 aromatic carbocycles. The number of rotatable bonds is 28. The highest BCUT2D eigenvalue weighted by Gasteiger charge is 2.73. The molecule has 0 radical (unpaired) electrons. The van der Waals surface area contributed by atoms with Gasteiger partial charge in [0.2, 0.25) is 34.7 Å². The van der Waals surface area contributed by atoms with Crippen molar-refractivity contribution >= 4 is 0 Å². The monoisotopic (exact) mass is 1410 g/mol. The van der Waals surface area contributed by atoms with Crippen LogP contribution in [-0.4, -0.2) is 404 Å². The Kier molecular flexibility index (Phi) is 30.2. The van der Waals surface area contributed by atoms with Gasteiger partial charge < -0.3 is 161 Å². The second-order valence-electron chi connectivity index (χ2n) is 24.6. The maximum Gasteiger partial charge on any atom is 0.316 e. The van der Waals surface area contributed by atoms with Crippen LogP contribution in [0.2, 0.25) is 0 Å². The SMILES string of the molecule is COCC1OC2(COC3(COC4(COC5(OC(COC)C(OC)C5OC)OC5(COC6(COC7(CO2)OC(COC)C(OC)C7OC)OC(COC)C(OC)C6OC)OC(COC)C(OC)C5OC)OC(COC)C(OC)C4OC)OC(COC)C(OC)C3OC)C(OC)C1OC. The smallest absolute Gasteiger partial charge is 0.316 e. The summed E-state index contributed by atoms with van der Waals surface area (Å²) in [4.78, 5) is 0. The molecule has 0 aliphatic carbocycles. The van der Waals surface area contributed by atoms with E-state index in [9.17, 15) is 0 Å². The van der Waals surface area contributed by atoms with Crippen LogP contribution in [-0.2, 0) is 166 Å². The lowest BCUT2D eigenvalue weighted by molar-refractivity contribution is -0.486. The zero-order chi connectivity index (χ0) is 70.6. The topological polar surface area (TPSA) is 323 Å². The zero-order valence-corrected chi connectivity index (χ0v) is 60.1. The van der Waals surface area contributed by atoms with Crippen molar-refractivity contribution in [3.8, 4) is 0 Å². The molecule has 8 aliphatic rings. The first-order chi connectivity index (χ1) is 46.9. The minimum Gasteiger partial charge on any atom is -0.382 e. The van der Waals surface area contributed by atoms with Crippen LogP contribution in [0.15, 0.2) is 0 Å². The van der Waals surface area contributed by atoms with Gasteiger partial charge in [0.25, 0.3) is 0 Å². The predicted octanol–water partition coefficient (Wildman–Crippen LogP) is -1.53. The molecule has 8 heterocycles. The Labute approximate surface area is 568 Å². The molecule has 0 amide bonds. The highest BCUT2D eigenvalue weighted by atomic mass is 17.0. The van der Waals surface area contributed by atoms with Gasteiger partial charge in [-0.05, 0) is 0 Å². The van der Waals surface area contributed by atoms with Gasteiger partial charge in [-0.15, -0.1) is 0 Å². The number of methoxy groups -OCH3 is 21. The van der Waals surface area contributed by atoms with Gasteiger partial charge in [0, 0.05) is 149 Å². The van der Waals surface area contributed by atoms with Crippen LogP contribution in [0.1, 0.15) is 0 Å². The molecular formula is C62H110O35. The van der Waals surface area contributed by atoms with Gasteiger partial charge in [-0.3, -0.25) is 4.74 Å². The van der Waals surface area contributed by atoms with Crippen molar-refractivity contribution in [3.05, 3.63) is 0 Å². The summed E-state index contributed by atoms with van der Waals surface area (Å²) in [5, 5.41) is 0. The quantitative estimate of drug-likeness (QED) is 0.0858. The number of hydrogen-bond acceptors (Lipinski definition) is 35. The predicted molar refractivity (Wildman–Crippen MR) is 324 cm³/mol. The molecule has 97 heavy (non-hydrogen) atoms. The van der Waals surface area contributed by atoms with Gasteiger partial charge in [-0.25, -0.2) is 0 Å². The zero-order valence-electron chi connectivity index (χ0n) is 60.1. The molecule has 8 fully saturated rings. The summed E-state index contributed by atoms with van der Waals surface area (Å²) in [7, 11) is 31.1. The minimum absolute atomic E-state index is 0.0275. The van der Waals surface area contributed by atoms with Crippen LogP contribution >= 0.6 is 0 Å². The van der Waals surface area contributed by atoms with Crippen LogP contribution in [0.4, 0.5) is 0 Å². The van der Waals surface area contributed by atoms with Gasteiger partial charge in [-0.2, -0.15) is 0 Å². The Morgan fingerprint density at radius 2 is 0.381 bits per heavy atom. The summed E-state index contributed by atoms with van der Waals surface area (Å²) in [6.07, 6.45) is -21.9. The van der Waals surface area contributed by atoms with E-state index in [0.717, 1.165) is 0 Å². The fraction of sp³-hybridized carbons (Fsp3) is 1.00. The standard InChI is InChI=1S/C62H110O35/c1-63-22-35-42(70-8)49(77-15)56(90-35)29-85-58(51(79-17)44(72-10)37(92-58)24-65-3)31-87-60(53(81-19)46(74-12)39(94-60)26-67-5)33-89-62(55(83-21)48(76-14)41(96-62)28-69-7)97-61(54(82-20)47(75-13)40(95-61)27-68-6)34-88-59(52(80-18)45(73-11)38(93-59)25-66-4)32-86-57(30-84-56)50(78-16)43(71-9)36(91-57)23-64-2/h35-55H,22-34H2,1-21H3. The summed E-state index contributed by atoms with van der Waals surface area (Å²) >= 11 is 0. The van der Waals surface area contributed by atoms with Crippen molar-refractivity contribution in [2.45, 2.75) is 169 Å². The van der Waals surface area contributed by atoms with Crippen molar-refractivity contribution in [2.75, 3.05) is 235 Å². The van der Waals surface area contributed by atoms with Crippen LogP contribution in [0.25, 0.3) is 0 Å². The molecule has 28 atom stereocenters. The molecule has 0 aromatic heterocycles. The molecular weight excluding hydrogens is 1300 g/mol. The van der Waals surface area contributed by atoms with Crippen molar-refractivity contribution in [1.82, 2.24) is 0 Å². The second-order valence-corrected chi connectivity index (χ2v) is 24.6. The Balaban J connectivity index is 1.46. The summed E-state index contributed by atoms with van der Waals surface area (Å²) in [6, 6.07) is 0. The van der Waals surface area contributed by atoms with Gasteiger partial charge >= 0.3 is 5.97 Å². The lowest BCUT2D eigenvalue weighted by Gasteiger charge is -2.47. The molecule has 7 spiro atoms. The fourth-order valence-electron chi connectivity index (χ4n) is 15.3. The molecule has 0 saturated carbocycles. The highest BCUT2D eigenvalue weighted by molar-refractivity contribution is 5.10. The molecule has 8 saturated heterocycles. The van der Waals surface area contributed by atoms with Gasteiger partial charge in [0.15, 0.2) is 6.10 Å². The van der Waals surface area contributed by atoms with E-state index in [1.165, 1.54) is 149 Å². The molecule has 35 heteroatoms. The van der Waals surface area contributed by atoms with E-state index in [-0.39, 0.29) is 46.2 Å². The highest BCUT2D eigenvalue weighted by Crippen LogP contribution is 2.52. The average Bonchev–Trinajstić information content (AvgIpc) is 1.59. The summed E-state index contributed by atoms with van der Waals surface area (Å²) in [6.45, 7) is -4.19. The average molecular weight is 1420 g/mol. The normalized spacial score (nSPS) is 46.3. The molecule has 0 bridgehead atoms. The molecule has 8 aliphatic heterocycles. The van der Waals surface area contributed by atoms with Crippen molar-refractivity contribution in [1.29, 1.82) is 0 Å². The summed E-state index contributed by atoms with van der Waals surface area (Å²) < 4.78 is 231.